The van der Waals surface area contributed by atoms with Crippen LogP contribution in [-0.4, -0.2) is 37.0 Å². The molecule has 1 unspecified atom stereocenters. The third kappa shape index (κ3) is 3.44. The van der Waals surface area contributed by atoms with Crippen molar-refractivity contribution in [2.45, 2.75) is 17.6 Å². The SMILES string of the molecule is O=C(CSc1nnc2sc3ccccc3n12)N1N=C(c2cc3ccccc3o2)CC1c1ccco1. The fourth-order valence-corrected chi connectivity index (χ4v) is 6.18. The smallest absolute Gasteiger partial charge is 0.253 e. The minimum absolute atomic E-state index is 0.140. The van der Waals surface area contributed by atoms with Crippen molar-refractivity contribution in [1.29, 1.82) is 0 Å². The molecule has 10 heteroatoms. The lowest BCUT2D eigenvalue weighted by molar-refractivity contribution is -0.130. The van der Waals surface area contributed by atoms with E-state index in [4.69, 9.17) is 8.83 Å². The van der Waals surface area contributed by atoms with Crippen LogP contribution in [0.3, 0.4) is 0 Å². The molecule has 0 saturated heterocycles. The number of carbonyl (C=O) groups excluding carboxylic acids is 1. The standard InChI is InChI=1S/C25H17N5O3S2/c31-23(14-34-24-26-27-25-29(24)17-7-2-4-10-22(17)35-25)30-18(20-9-5-11-32-20)13-16(28-30)21-12-15-6-1-3-8-19(15)33-21/h1-12,18H,13-14H2. The quantitative estimate of drug-likeness (QED) is 0.281. The summed E-state index contributed by atoms with van der Waals surface area (Å²) in [6, 6.07) is 21.2. The number of thiazole rings is 1. The van der Waals surface area contributed by atoms with Gasteiger partial charge in [0.1, 0.15) is 23.1 Å². The van der Waals surface area contributed by atoms with Crippen LogP contribution in [0.2, 0.25) is 0 Å². The maximum absolute atomic E-state index is 13.4. The molecule has 0 saturated carbocycles. The Bertz CT molecular complexity index is 1700. The highest BCUT2D eigenvalue weighted by molar-refractivity contribution is 7.99. The summed E-state index contributed by atoms with van der Waals surface area (Å²) in [5, 5.41) is 16.5. The molecular formula is C25H17N5O3S2. The Morgan fingerprint density at radius 2 is 1.97 bits per heavy atom. The van der Waals surface area contributed by atoms with Gasteiger partial charge in [-0.3, -0.25) is 9.20 Å². The fourth-order valence-electron chi connectivity index (χ4n) is 4.36. The Morgan fingerprint density at radius 1 is 1.09 bits per heavy atom. The van der Waals surface area contributed by atoms with E-state index < -0.39 is 0 Å². The molecular weight excluding hydrogens is 482 g/mol. The van der Waals surface area contributed by atoms with Crippen molar-refractivity contribution in [2.75, 3.05) is 5.75 Å². The van der Waals surface area contributed by atoms with Crippen molar-refractivity contribution in [1.82, 2.24) is 19.6 Å². The lowest BCUT2D eigenvalue weighted by Gasteiger charge is -2.19. The number of furan rings is 2. The molecule has 0 radical (unpaired) electrons. The van der Waals surface area contributed by atoms with Crippen molar-refractivity contribution < 1.29 is 13.6 Å². The highest BCUT2D eigenvalue weighted by atomic mass is 32.2. The van der Waals surface area contributed by atoms with Gasteiger partial charge in [0.15, 0.2) is 10.9 Å². The lowest BCUT2D eigenvalue weighted by Crippen LogP contribution is -2.28. The highest BCUT2D eigenvalue weighted by Gasteiger charge is 2.36. The Morgan fingerprint density at radius 3 is 2.86 bits per heavy atom. The molecule has 0 bridgehead atoms. The molecule has 4 aromatic heterocycles. The van der Waals surface area contributed by atoms with Crippen LogP contribution in [0.5, 0.6) is 0 Å². The number of thioether (sulfide) groups is 1. The van der Waals surface area contributed by atoms with Gasteiger partial charge in [-0.2, -0.15) is 5.10 Å². The highest BCUT2D eigenvalue weighted by Crippen LogP contribution is 2.36. The van der Waals surface area contributed by atoms with E-state index in [9.17, 15) is 4.79 Å². The third-order valence-corrected chi connectivity index (χ3v) is 7.91. The number of amides is 1. The van der Waals surface area contributed by atoms with E-state index in [1.54, 1.807) is 17.6 Å². The van der Waals surface area contributed by atoms with Crippen LogP contribution in [0.4, 0.5) is 0 Å². The normalized spacial score (nSPS) is 16.1. The van der Waals surface area contributed by atoms with Gasteiger partial charge >= 0.3 is 0 Å². The van der Waals surface area contributed by atoms with E-state index in [1.807, 2.05) is 65.1 Å². The van der Waals surface area contributed by atoms with Crippen molar-refractivity contribution in [2.24, 2.45) is 5.10 Å². The number of hydrogen-bond acceptors (Lipinski definition) is 8. The third-order valence-electron chi connectivity index (χ3n) is 5.98. The van der Waals surface area contributed by atoms with E-state index in [0.717, 1.165) is 31.9 Å². The molecule has 1 atom stereocenters. The summed E-state index contributed by atoms with van der Waals surface area (Å²) in [7, 11) is 0. The number of nitrogens with zero attached hydrogens (tertiary/aromatic N) is 5. The molecule has 1 amide bonds. The van der Waals surface area contributed by atoms with Gasteiger partial charge in [0, 0.05) is 11.8 Å². The first-order chi connectivity index (χ1) is 17.2. The van der Waals surface area contributed by atoms with Crippen LogP contribution in [0.15, 0.2) is 92.1 Å². The van der Waals surface area contributed by atoms with Crippen molar-refractivity contribution in [3.05, 3.63) is 84.5 Å². The van der Waals surface area contributed by atoms with Gasteiger partial charge in [-0.1, -0.05) is 53.4 Å². The molecule has 0 spiro atoms. The molecule has 0 aliphatic carbocycles. The van der Waals surface area contributed by atoms with E-state index in [1.165, 1.54) is 16.8 Å². The van der Waals surface area contributed by atoms with E-state index >= 15 is 0 Å². The molecule has 172 valence electrons. The molecule has 1 aliphatic rings. The number of hydrogen-bond donors (Lipinski definition) is 0. The zero-order chi connectivity index (χ0) is 23.4. The molecule has 5 heterocycles. The van der Waals surface area contributed by atoms with Crippen molar-refractivity contribution in [3.8, 4) is 0 Å². The fraction of sp³-hybridized carbons (Fsp3) is 0.120. The molecule has 6 aromatic rings. The molecule has 0 fully saturated rings. The second-order valence-electron chi connectivity index (χ2n) is 8.13. The van der Waals surface area contributed by atoms with Gasteiger partial charge in [-0.15, -0.1) is 10.2 Å². The lowest BCUT2D eigenvalue weighted by atomic mass is 10.1. The zero-order valence-electron chi connectivity index (χ0n) is 18.2. The van der Waals surface area contributed by atoms with Crippen LogP contribution in [0.25, 0.3) is 26.1 Å². The predicted octanol–water partition coefficient (Wildman–Crippen LogP) is 5.75. The number of aromatic nitrogens is 3. The Labute approximate surface area is 206 Å². The summed E-state index contributed by atoms with van der Waals surface area (Å²) < 4.78 is 14.8. The van der Waals surface area contributed by atoms with Gasteiger partial charge < -0.3 is 8.83 Å². The Kier molecular flexibility index (Phi) is 4.74. The monoisotopic (exact) mass is 499 g/mol. The largest absolute Gasteiger partial charge is 0.467 e. The van der Waals surface area contributed by atoms with Crippen LogP contribution in [-0.2, 0) is 4.79 Å². The maximum atomic E-state index is 13.4. The Hall–Kier alpha value is -3.89. The molecule has 8 nitrogen and oxygen atoms in total. The summed E-state index contributed by atoms with van der Waals surface area (Å²) in [6.45, 7) is 0. The van der Waals surface area contributed by atoms with Gasteiger partial charge in [-0.25, -0.2) is 5.01 Å². The molecule has 7 rings (SSSR count). The van der Waals surface area contributed by atoms with Gasteiger partial charge in [0.05, 0.1) is 22.2 Å². The van der Waals surface area contributed by atoms with Gasteiger partial charge in [0.25, 0.3) is 5.91 Å². The summed E-state index contributed by atoms with van der Waals surface area (Å²) in [5.41, 5.74) is 2.54. The average molecular weight is 500 g/mol. The van der Waals surface area contributed by atoms with Crippen LogP contribution in [0.1, 0.15) is 24.0 Å². The number of carbonyl (C=O) groups is 1. The Balaban J connectivity index is 1.18. The van der Waals surface area contributed by atoms with Crippen LogP contribution < -0.4 is 0 Å². The average Bonchev–Trinajstić information content (AvgIpc) is 3.69. The number of benzene rings is 2. The minimum atomic E-state index is -0.332. The summed E-state index contributed by atoms with van der Waals surface area (Å²) >= 11 is 2.93. The molecule has 35 heavy (non-hydrogen) atoms. The van der Waals surface area contributed by atoms with Crippen molar-refractivity contribution in [3.63, 3.8) is 0 Å². The summed E-state index contributed by atoms with van der Waals surface area (Å²) in [6.07, 6.45) is 2.12. The summed E-state index contributed by atoms with van der Waals surface area (Å²) in [5.74, 6) is 1.37. The van der Waals surface area contributed by atoms with Gasteiger partial charge in [-0.05, 0) is 36.4 Å². The molecule has 1 aliphatic heterocycles. The first-order valence-corrected chi connectivity index (χ1v) is 12.8. The first-order valence-electron chi connectivity index (χ1n) is 11.0. The topological polar surface area (TPSA) is 89.1 Å². The molecule has 2 aromatic carbocycles. The van der Waals surface area contributed by atoms with E-state index in [2.05, 4.69) is 21.4 Å². The number of fused-ring (bicyclic) bond motifs is 4. The van der Waals surface area contributed by atoms with Gasteiger partial charge in [0.2, 0.25) is 4.96 Å². The maximum Gasteiger partial charge on any atom is 0.253 e. The molecule has 0 N–H and O–H groups in total. The second-order valence-corrected chi connectivity index (χ2v) is 10.1. The van der Waals surface area contributed by atoms with E-state index in [0.29, 0.717) is 23.1 Å². The van der Waals surface area contributed by atoms with Crippen LogP contribution >= 0.6 is 23.1 Å². The minimum Gasteiger partial charge on any atom is -0.467 e. The summed E-state index contributed by atoms with van der Waals surface area (Å²) in [4.78, 5) is 14.2. The zero-order valence-corrected chi connectivity index (χ0v) is 19.8. The number of rotatable bonds is 5. The number of para-hydroxylation sites is 2. The van der Waals surface area contributed by atoms with Crippen molar-refractivity contribution >= 4 is 60.9 Å². The first kappa shape index (κ1) is 20.5. The second kappa shape index (κ2) is 8.10. The van der Waals surface area contributed by atoms with E-state index in [-0.39, 0.29) is 17.7 Å². The number of hydrazone groups is 1. The van der Waals surface area contributed by atoms with Crippen LogP contribution in [0, 0.1) is 0 Å². The predicted molar refractivity (Wildman–Crippen MR) is 135 cm³/mol.